The van der Waals surface area contributed by atoms with Crippen LogP contribution in [-0.2, 0) is 11.8 Å². The lowest BCUT2D eigenvalue weighted by atomic mass is 9.84. The molecule has 1 heterocycles. The van der Waals surface area contributed by atoms with E-state index in [0.29, 0.717) is 0 Å². The van der Waals surface area contributed by atoms with Crippen molar-refractivity contribution in [3.8, 4) is 5.75 Å². The fourth-order valence-corrected chi connectivity index (χ4v) is 2.36. The van der Waals surface area contributed by atoms with Crippen LogP contribution in [-0.4, -0.2) is 18.3 Å². The molecule has 0 bridgehead atoms. The molecule has 0 unspecified atom stereocenters. The standard InChI is InChI=1S/C12H15BrO2/c1-12(2,7-14)10-6-9(13)5-8-3-4-15-11(8)10/h5-6,14H,3-4,7H2,1-2H3. The minimum Gasteiger partial charge on any atom is -0.493 e. The van der Waals surface area contributed by atoms with Gasteiger partial charge in [-0.15, -0.1) is 0 Å². The molecule has 2 nitrogen and oxygen atoms in total. The lowest BCUT2D eigenvalue weighted by molar-refractivity contribution is 0.214. The first-order valence-corrected chi connectivity index (χ1v) is 5.90. The van der Waals surface area contributed by atoms with E-state index >= 15 is 0 Å². The predicted molar refractivity (Wildman–Crippen MR) is 63.5 cm³/mol. The molecule has 0 saturated heterocycles. The van der Waals surface area contributed by atoms with Crippen LogP contribution in [0.25, 0.3) is 0 Å². The molecule has 0 saturated carbocycles. The molecule has 1 aliphatic heterocycles. The average molecular weight is 271 g/mol. The van der Waals surface area contributed by atoms with Gasteiger partial charge in [0.1, 0.15) is 5.75 Å². The van der Waals surface area contributed by atoms with Gasteiger partial charge < -0.3 is 9.84 Å². The van der Waals surface area contributed by atoms with Crippen molar-refractivity contribution in [2.75, 3.05) is 13.2 Å². The summed E-state index contributed by atoms with van der Waals surface area (Å²) >= 11 is 3.50. The average Bonchev–Trinajstić information content (AvgIpc) is 2.63. The molecule has 3 heteroatoms. The minimum atomic E-state index is -0.252. The Morgan fingerprint density at radius 1 is 1.47 bits per heavy atom. The molecular weight excluding hydrogens is 256 g/mol. The third kappa shape index (κ3) is 1.91. The van der Waals surface area contributed by atoms with Crippen molar-refractivity contribution >= 4 is 15.9 Å². The first-order chi connectivity index (χ1) is 7.04. The fraction of sp³-hybridized carbons (Fsp3) is 0.500. The summed E-state index contributed by atoms with van der Waals surface area (Å²) in [5.41, 5.74) is 2.07. The Bertz CT molecular complexity index is 385. The van der Waals surface area contributed by atoms with Gasteiger partial charge in [0, 0.05) is 21.9 Å². The summed E-state index contributed by atoms with van der Waals surface area (Å²) in [5, 5.41) is 9.40. The van der Waals surface area contributed by atoms with Gasteiger partial charge in [-0.3, -0.25) is 0 Å². The summed E-state index contributed by atoms with van der Waals surface area (Å²) in [6.45, 7) is 4.92. The monoisotopic (exact) mass is 270 g/mol. The van der Waals surface area contributed by atoms with Crippen molar-refractivity contribution in [2.24, 2.45) is 0 Å². The number of aliphatic hydroxyl groups excluding tert-OH is 1. The number of rotatable bonds is 2. The van der Waals surface area contributed by atoms with Crippen LogP contribution in [0.15, 0.2) is 16.6 Å². The first kappa shape index (κ1) is 11.0. The maximum absolute atomic E-state index is 9.40. The maximum Gasteiger partial charge on any atom is 0.126 e. The Labute approximate surface area is 98.4 Å². The normalized spacial score (nSPS) is 14.9. The van der Waals surface area contributed by atoms with Gasteiger partial charge in [0.25, 0.3) is 0 Å². The summed E-state index contributed by atoms with van der Waals surface area (Å²) in [7, 11) is 0. The highest BCUT2D eigenvalue weighted by Gasteiger charge is 2.28. The van der Waals surface area contributed by atoms with Crippen LogP contribution in [0.3, 0.4) is 0 Å². The van der Waals surface area contributed by atoms with Crippen LogP contribution < -0.4 is 4.74 Å². The summed E-state index contributed by atoms with van der Waals surface area (Å²) in [6, 6.07) is 4.14. The lowest BCUT2D eigenvalue weighted by Gasteiger charge is -2.24. The summed E-state index contributed by atoms with van der Waals surface area (Å²) in [5.74, 6) is 0.970. The number of ether oxygens (including phenoxy) is 1. The molecule has 2 rings (SSSR count). The quantitative estimate of drug-likeness (QED) is 0.896. The Hall–Kier alpha value is -0.540. The van der Waals surface area contributed by atoms with E-state index in [2.05, 4.69) is 22.0 Å². The molecule has 1 aromatic rings. The van der Waals surface area contributed by atoms with Crippen molar-refractivity contribution in [2.45, 2.75) is 25.7 Å². The van der Waals surface area contributed by atoms with Crippen LogP contribution in [0.1, 0.15) is 25.0 Å². The second-order valence-corrected chi connectivity index (χ2v) is 5.50. The number of halogens is 1. The van der Waals surface area contributed by atoms with Crippen LogP contribution in [0.2, 0.25) is 0 Å². The zero-order valence-electron chi connectivity index (χ0n) is 9.01. The molecule has 1 aromatic carbocycles. The van der Waals surface area contributed by atoms with Crippen LogP contribution >= 0.6 is 15.9 Å². The van der Waals surface area contributed by atoms with Crippen molar-refractivity contribution in [3.63, 3.8) is 0 Å². The van der Waals surface area contributed by atoms with Crippen LogP contribution in [0.4, 0.5) is 0 Å². The van der Waals surface area contributed by atoms with Crippen molar-refractivity contribution in [1.29, 1.82) is 0 Å². The van der Waals surface area contributed by atoms with E-state index < -0.39 is 0 Å². The number of hydrogen-bond acceptors (Lipinski definition) is 2. The largest absolute Gasteiger partial charge is 0.493 e. The van der Waals surface area contributed by atoms with Crippen molar-refractivity contribution < 1.29 is 9.84 Å². The molecule has 15 heavy (non-hydrogen) atoms. The molecule has 0 aliphatic carbocycles. The van der Waals surface area contributed by atoms with Gasteiger partial charge in [-0.05, 0) is 17.7 Å². The minimum absolute atomic E-state index is 0.124. The Morgan fingerprint density at radius 3 is 2.87 bits per heavy atom. The molecule has 0 aromatic heterocycles. The van der Waals surface area contributed by atoms with Gasteiger partial charge in [0.15, 0.2) is 0 Å². The second kappa shape index (κ2) is 3.80. The first-order valence-electron chi connectivity index (χ1n) is 5.11. The Balaban J connectivity index is 2.56. The molecule has 1 N–H and O–H groups in total. The number of aliphatic hydroxyl groups is 1. The zero-order chi connectivity index (χ0) is 11.1. The van der Waals surface area contributed by atoms with Gasteiger partial charge in [0.05, 0.1) is 13.2 Å². The SMILES string of the molecule is CC(C)(CO)c1cc(Br)cc2c1OCC2. The topological polar surface area (TPSA) is 29.5 Å². The van der Waals surface area contributed by atoms with Gasteiger partial charge >= 0.3 is 0 Å². The molecular formula is C12H15BrO2. The maximum atomic E-state index is 9.40. The van der Waals surface area contributed by atoms with E-state index in [1.54, 1.807) is 0 Å². The van der Waals surface area contributed by atoms with E-state index in [1.165, 1.54) is 5.56 Å². The smallest absolute Gasteiger partial charge is 0.126 e. The van der Waals surface area contributed by atoms with E-state index in [1.807, 2.05) is 19.9 Å². The van der Waals surface area contributed by atoms with Gasteiger partial charge in [-0.1, -0.05) is 29.8 Å². The third-order valence-corrected chi connectivity index (χ3v) is 3.33. The highest BCUT2D eigenvalue weighted by Crippen LogP contribution is 2.39. The van der Waals surface area contributed by atoms with E-state index in [9.17, 15) is 5.11 Å². The number of fused-ring (bicyclic) bond motifs is 1. The lowest BCUT2D eigenvalue weighted by Crippen LogP contribution is -2.22. The van der Waals surface area contributed by atoms with Gasteiger partial charge in [0.2, 0.25) is 0 Å². The van der Waals surface area contributed by atoms with Crippen LogP contribution in [0.5, 0.6) is 5.75 Å². The molecule has 0 amide bonds. The van der Waals surface area contributed by atoms with E-state index in [4.69, 9.17) is 4.74 Å². The fourth-order valence-electron chi connectivity index (χ4n) is 1.86. The van der Waals surface area contributed by atoms with Crippen molar-refractivity contribution in [1.82, 2.24) is 0 Å². The summed E-state index contributed by atoms with van der Waals surface area (Å²) < 4.78 is 6.70. The molecule has 0 atom stereocenters. The molecule has 82 valence electrons. The predicted octanol–water partition coefficient (Wildman–Crippen LogP) is 2.65. The Kier molecular flexibility index (Phi) is 2.77. The Morgan fingerprint density at radius 2 is 2.20 bits per heavy atom. The summed E-state index contributed by atoms with van der Waals surface area (Å²) in [6.07, 6.45) is 0.962. The number of hydrogen-bond donors (Lipinski definition) is 1. The van der Waals surface area contributed by atoms with Gasteiger partial charge in [-0.25, -0.2) is 0 Å². The highest BCUT2D eigenvalue weighted by molar-refractivity contribution is 9.10. The summed E-state index contributed by atoms with van der Waals surface area (Å²) in [4.78, 5) is 0. The van der Waals surface area contributed by atoms with E-state index in [0.717, 1.165) is 28.8 Å². The third-order valence-electron chi connectivity index (χ3n) is 2.87. The number of benzene rings is 1. The van der Waals surface area contributed by atoms with Crippen LogP contribution in [0, 0.1) is 0 Å². The molecule has 0 fully saturated rings. The zero-order valence-corrected chi connectivity index (χ0v) is 10.6. The van der Waals surface area contributed by atoms with Gasteiger partial charge in [-0.2, -0.15) is 0 Å². The molecule has 0 radical (unpaired) electrons. The van der Waals surface area contributed by atoms with Crippen molar-refractivity contribution in [3.05, 3.63) is 27.7 Å². The highest BCUT2D eigenvalue weighted by atomic mass is 79.9. The molecule has 1 aliphatic rings. The molecule has 0 spiro atoms. The second-order valence-electron chi connectivity index (χ2n) is 4.58. The van der Waals surface area contributed by atoms with E-state index in [-0.39, 0.29) is 12.0 Å².